The van der Waals surface area contributed by atoms with Gasteiger partial charge < -0.3 is 0 Å². The van der Waals surface area contributed by atoms with Crippen LogP contribution >= 0.6 is 0 Å². The van der Waals surface area contributed by atoms with E-state index in [1.54, 1.807) is 5.57 Å². The molecular formula is C10H18. The van der Waals surface area contributed by atoms with E-state index in [-0.39, 0.29) is 0 Å². The summed E-state index contributed by atoms with van der Waals surface area (Å²) in [6.45, 7) is 9.24. The minimum absolute atomic E-state index is 0.481. The summed E-state index contributed by atoms with van der Waals surface area (Å²) in [5.74, 6) is 0.874. The normalized spacial score (nSPS) is 35.2. The maximum atomic E-state index is 2.36. The van der Waals surface area contributed by atoms with Crippen molar-refractivity contribution < 1.29 is 0 Å². The van der Waals surface area contributed by atoms with Crippen LogP contribution in [0.1, 0.15) is 40.5 Å². The zero-order valence-corrected chi connectivity index (χ0v) is 7.57. The van der Waals surface area contributed by atoms with E-state index in [9.17, 15) is 0 Å². The highest BCUT2D eigenvalue weighted by Crippen LogP contribution is 2.46. The van der Waals surface area contributed by atoms with Gasteiger partial charge in [-0.1, -0.05) is 32.4 Å². The predicted octanol–water partition coefficient (Wildman–Crippen LogP) is 3.39. The molecular weight excluding hydrogens is 120 g/mol. The van der Waals surface area contributed by atoms with Crippen molar-refractivity contribution in [3.8, 4) is 0 Å². The van der Waals surface area contributed by atoms with Gasteiger partial charge in [0.25, 0.3) is 0 Å². The lowest BCUT2D eigenvalue weighted by Crippen LogP contribution is -2.15. The molecule has 0 aromatic rings. The Kier molecular flexibility index (Phi) is 1.89. The van der Waals surface area contributed by atoms with Gasteiger partial charge in [0, 0.05) is 0 Å². The molecule has 58 valence electrons. The molecule has 0 heteroatoms. The van der Waals surface area contributed by atoms with Crippen LogP contribution in [0.3, 0.4) is 0 Å². The van der Waals surface area contributed by atoms with Gasteiger partial charge in [0.2, 0.25) is 0 Å². The number of hydrogen-bond acceptors (Lipinski definition) is 0. The smallest absolute Gasteiger partial charge is 0.0119 e. The van der Waals surface area contributed by atoms with Crippen LogP contribution in [0.4, 0.5) is 0 Å². The molecule has 1 saturated carbocycles. The van der Waals surface area contributed by atoms with Crippen molar-refractivity contribution in [1.29, 1.82) is 0 Å². The first-order chi connectivity index (χ1) is 4.59. The van der Waals surface area contributed by atoms with Gasteiger partial charge in [-0.15, -0.1) is 0 Å². The Labute approximate surface area is 64.3 Å². The molecule has 1 atom stereocenters. The number of hydrogen-bond donors (Lipinski definition) is 0. The molecule has 10 heavy (non-hydrogen) atoms. The highest BCUT2D eigenvalue weighted by Gasteiger charge is 2.34. The van der Waals surface area contributed by atoms with Crippen LogP contribution in [-0.2, 0) is 0 Å². The third-order valence-electron chi connectivity index (χ3n) is 3.25. The van der Waals surface area contributed by atoms with Crippen molar-refractivity contribution in [3.63, 3.8) is 0 Å². The minimum atomic E-state index is 0.481. The molecule has 0 aliphatic heterocycles. The van der Waals surface area contributed by atoms with E-state index in [1.165, 1.54) is 12.8 Å². The lowest BCUT2D eigenvalue weighted by molar-refractivity contribution is 0.332. The second kappa shape index (κ2) is 2.41. The zero-order chi connectivity index (χ0) is 7.78. The van der Waals surface area contributed by atoms with E-state index in [0.717, 1.165) is 5.92 Å². The Morgan fingerprint density at radius 1 is 1.50 bits per heavy atom. The summed E-state index contributed by atoms with van der Waals surface area (Å²) in [5, 5.41) is 0. The van der Waals surface area contributed by atoms with Crippen LogP contribution in [0, 0.1) is 11.3 Å². The van der Waals surface area contributed by atoms with Gasteiger partial charge in [-0.3, -0.25) is 0 Å². The summed E-state index contributed by atoms with van der Waals surface area (Å²) in [4.78, 5) is 0. The molecule has 1 fully saturated rings. The molecule has 0 aromatic carbocycles. The second-order valence-corrected chi connectivity index (χ2v) is 3.98. The zero-order valence-electron chi connectivity index (χ0n) is 7.57. The van der Waals surface area contributed by atoms with Crippen molar-refractivity contribution in [3.05, 3.63) is 11.6 Å². The Morgan fingerprint density at radius 2 is 2.10 bits per heavy atom. The Bertz CT molecular complexity index is 151. The SMILES string of the molecule is C/C=C1\CCC(C)C1(C)C. The third kappa shape index (κ3) is 1.00. The largest absolute Gasteiger partial charge is 0.0879 e. The average molecular weight is 138 g/mol. The van der Waals surface area contributed by atoms with Crippen LogP contribution in [0.5, 0.6) is 0 Å². The third-order valence-corrected chi connectivity index (χ3v) is 3.25. The van der Waals surface area contributed by atoms with Gasteiger partial charge in [0.05, 0.1) is 0 Å². The maximum absolute atomic E-state index is 2.36. The Hall–Kier alpha value is -0.260. The molecule has 1 unspecified atom stereocenters. The monoisotopic (exact) mass is 138 g/mol. The van der Waals surface area contributed by atoms with E-state index in [0.29, 0.717) is 5.41 Å². The molecule has 0 N–H and O–H groups in total. The van der Waals surface area contributed by atoms with Crippen LogP contribution in [-0.4, -0.2) is 0 Å². The molecule has 1 aliphatic carbocycles. The molecule has 0 radical (unpaired) electrons. The quantitative estimate of drug-likeness (QED) is 0.450. The molecule has 0 aromatic heterocycles. The molecule has 0 spiro atoms. The average Bonchev–Trinajstić information content (AvgIpc) is 2.10. The first-order valence-electron chi connectivity index (χ1n) is 4.24. The minimum Gasteiger partial charge on any atom is -0.0879 e. The number of allylic oxidation sites excluding steroid dienone is 2. The number of rotatable bonds is 0. The molecule has 0 nitrogen and oxygen atoms in total. The van der Waals surface area contributed by atoms with E-state index in [2.05, 4.69) is 33.8 Å². The van der Waals surface area contributed by atoms with Crippen LogP contribution in [0.25, 0.3) is 0 Å². The summed E-state index contributed by atoms with van der Waals surface area (Å²) < 4.78 is 0. The molecule has 1 rings (SSSR count). The predicted molar refractivity (Wildman–Crippen MR) is 45.9 cm³/mol. The molecule has 1 aliphatic rings. The Morgan fingerprint density at radius 3 is 2.30 bits per heavy atom. The molecule has 0 bridgehead atoms. The lowest BCUT2D eigenvalue weighted by atomic mass is 9.80. The van der Waals surface area contributed by atoms with Crippen LogP contribution in [0.2, 0.25) is 0 Å². The van der Waals surface area contributed by atoms with Gasteiger partial charge in [0.1, 0.15) is 0 Å². The molecule has 0 heterocycles. The fourth-order valence-electron chi connectivity index (χ4n) is 1.89. The summed E-state index contributed by atoms with van der Waals surface area (Å²) in [5.41, 5.74) is 2.13. The molecule has 0 saturated heterocycles. The lowest BCUT2D eigenvalue weighted by Gasteiger charge is -2.25. The highest BCUT2D eigenvalue weighted by molar-refractivity contribution is 5.17. The fourth-order valence-corrected chi connectivity index (χ4v) is 1.89. The van der Waals surface area contributed by atoms with E-state index >= 15 is 0 Å². The highest BCUT2D eigenvalue weighted by atomic mass is 14.4. The first-order valence-corrected chi connectivity index (χ1v) is 4.24. The maximum Gasteiger partial charge on any atom is -0.0119 e. The van der Waals surface area contributed by atoms with Gasteiger partial charge in [0.15, 0.2) is 0 Å². The van der Waals surface area contributed by atoms with Crippen molar-refractivity contribution in [2.45, 2.75) is 40.5 Å². The van der Waals surface area contributed by atoms with Gasteiger partial charge in [-0.05, 0) is 31.1 Å². The van der Waals surface area contributed by atoms with Crippen molar-refractivity contribution >= 4 is 0 Å². The van der Waals surface area contributed by atoms with Crippen LogP contribution in [0.15, 0.2) is 11.6 Å². The van der Waals surface area contributed by atoms with Gasteiger partial charge in [-0.25, -0.2) is 0 Å². The van der Waals surface area contributed by atoms with E-state index in [1.807, 2.05) is 0 Å². The van der Waals surface area contributed by atoms with Gasteiger partial charge >= 0.3 is 0 Å². The summed E-state index contributed by atoms with van der Waals surface area (Å²) in [6, 6.07) is 0. The first kappa shape index (κ1) is 7.84. The topological polar surface area (TPSA) is 0 Å². The van der Waals surface area contributed by atoms with E-state index < -0.39 is 0 Å². The Balaban J connectivity index is 2.84. The van der Waals surface area contributed by atoms with Gasteiger partial charge in [-0.2, -0.15) is 0 Å². The fraction of sp³-hybridized carbons (Fsp3) is 0.800. The summed E-state index contributed by atoms with van der Waals surface area (Å²) in [6.07, 6.45) is 5.00. The van der Waals surface area contributed by atoms with Crippen molar-refractivity contribution in [2.24, 2.45) is 11.3 Å². The standard InChI is InChI=1S/C10H18/c1-5-9-7-6-8(2)10(9,3)4/h5,8H,6-7H2,1-4H3/b9-5+. The summed E-state index contributed by atoms with van der Waals surface area (Å²) in [7, 11) is 0. The molecule has 0 amide bonds. The van der Waals surface area contributed by atoms with Crippen molar-refractivity contribution in [2.75, 3.05) is 0 Å². The van der Waals surface area contributed by atoms with Crippen molar-refractivity contribution in [1.82, 2.24) is 0 Å². The van der Waals surface area contributed by atoms with E-state index in [4.69, 9.17) is 0 Å². The summed E-state index contributed by atoms with van der Waals surface area (Å²) >= 11 is 0. The van der Waals surface area contributed by atoms with Crippen LogP contribution < -0.4 is 0 Å². The second-order valence-electron chi connectivity index (χ2n) is 3.98.